The van der Waals surface area contributed by atoms with Gasteiger partial charge in [0, 0.05) is 33.0 Å². The Morgan fingerprint density at radius 3 is 1.67 bits per heavy atom. The highest BCUT2D eigenvalue weighted by Gasteiger charge is 2.20. The third-order valence-corrected chi connectivity index (χ3v) is 10.7. The SMILES string of the molecule is c1ccc(-c2cccc(-c3ccc4c(c3)c3ccccc3n4-c3nc(-c4ccccc4)nc(-c4cccc(-c5cccc6oc(-c7ccccc7)nc56)c4)n3)c2)cc1. The average molecular weight is 744 g/mol. The van der Waals surface area contributed by atoms with E-state index in [1.807, 2.05) is 78.9 Å². The molecule has 0 bridgehead atoms. The molecule has 11 aromatic rings. The summed E-state index contributed by atoms with van der Waals surface area (Å²) in [7, 11) is 0. The van der Waals surface area contributed by atoms with E-state index in [4.69, 9.17) is 24.4 Å². The van der Waals surface area contributed by atoms with Gasteiger partial charge in [-0.2, -0.15) is 9.97 Å². The largest absolute Gasteiger partial charge is 0.436 e. The molecule has 0 radical (unpaired) electrons. The van der Waals surface area contributed by atoms with Gasteiger partial charge in [-0.3, -0.25) is 4.57 Å². The minimum atomic E-state index is 0.547. The molecule has 0 atom stereocenters. The normalized spacial score (nSPS) is 11.4. The van der Waals surface area contributed by atoms with E-state index < -0.39 is 0 Å². The van der Waals surface area contributed by atoms with Gasteiger partial charge in [-0.15, -0.1) is 0 Å². The molecule has 0 N–H and O–H groups in total. The summed E-state index contributed by atoms with van der Waals surface area (Å²) in [6, 6.07) is 68.8. The Kier molecular flexibility index (Phi) is 8.04. The van der Waals surface area contributed by atoms with Crippen LogP contribution in [-0.2, 0) is 0 Å². The van der Waals surface area contributed by atoms with Gasteiger partial charge in [-0.1, -0.05) is 152 Å². The van der Waals surface area contributed by atoms with Crippen LogP contribution in [0.2, 0.25) is 0 Å². The molecule has 0 amide bonds. The van der Waals surface area contributed by atoms with Crippen molar-refractivity contribution in [3.8, 4) is 73.6 Å². The predicted octanol–water partition coefficient (Wildman–Crippen LogP) is 13.1. The van der Waals surface area contributed by atoms with Crippen LogP contribution in [0.3, 0.4) is 0 Å². The highest BCUT2D eigenvalue weighted by atomic mass is 16.3. The Balaban J connectivity index is 1.06. The summed E-state index contributed by atoms with van der Waals surface area (Å²) < 4.78 is 8.40. The zero-order valence-electron chi connectivity index (χ0n) is 31.2. The van der Waals surface area contributed by atoms with Crippen LogP contribution in [0.15, 0.2) is 205 Å². The molecule has 11 rings (SSSR count). The van der Waals surface area contributed by atoms with E-state index in [-0.39, 0.29) is 0 Å². The van der Waals surface area contributed by atoms with Gasteiger partial charge in [-0.05, 0) is 76.3 Å². The standard InChI is InChI=1S/C52H33N5O/c1-4-15-34(16-5-1)37-21-12-22-38(31-37)39-29-30-46-44(33-39)43-25-10-11-27-45(43)57(46)52-55-49(35-17-6-2-7-18-35)54-50(56-52)41-24-13-23-40(32-41)42-26-14-28-47-48(42)53-51(58-47)36-19-8-3-9-20-36/h1-33H. The van der Waals surface area contributed by atoms with Gasteiger partial charge in [0.25, 0.3) is 0 Å². The lowest BCUT2D eigenvalue weighted by atomic mass is 9.98. The Bertz CT molecular complexity index is 3280. The third-order valence-electron chi connectivity index (χ3n) is 10.7. The van der Waals surface area contributed by atoms with Crippen molar-refractivity contribution in [2.45, 2.75) is 0 Å². The molecule has 6 heteroatoms. The van der Waals surface area contributed by atoms with Crippen LogP contribution in [0.4, 0.5) is 0 Å². The maximum Gasteiger partial charge on any atom is 0.238 e. The number of fused-ring (bicyclic) bond motifs is 4. The van der Waals surface area contributed by atoms with E-state index in [0.29, 0.717) is 23.5 Å². The Morgan fingerprint density at radius 1 is 0.345 bits per heavy atom. The van der Waals surface area contributed by atoms with E-state index >= 15 is 0 Å². The average Bonchev–Trinajstić information content (AvgIpc) is 3.90. The fraction of sp³-hybridized carbons (Fsp3) is 0. The summed E-state index contributed by atoms with van der Waals surface area (Å²) in [4.78, 5) is 20.5. The van der Waals surface area contributed by atoms with E-state index in [1.165, 1.54) is 11.1 Å². The first-order valence-electron chi connectivity index (χ1n) is 19.3. The smallest absolute Gasteiger partial charge is 0.238 e. The molecule has 8 aromatic carbocycles. The summed E-state index contributed by atoms with van der Waals surface area (Å²) in [5.41, 5.74) is 12.9. The molecule has 6 nitrogen and oxygen atoms in total. The zero-order chi connectivity index (χ0) is 38.4. The number of hydrogen-bond donors (Lipinski definition) is 0. The molecule has 0 unspecified atom stereocenters. The molecule has 0 aliphatic rings. The molecule has 0 aliphatic carbocycles. The fourth-order valence-electron chi connectivity index (χ4n) is 7.90. The van der Waals surface area contributed by atoms with E-state index in [9.17, 15) is 0 Å². The number of para-hydroxylation sites is 2. The molecule has 272 valence electrons. The maximum atomic E-state index is 6.23. The number of hydrogen-bond acceptors (Lipinski definition) is 5. The lowest BCUT2D eigenvalue weighted by Crippen LogP contribution is -2.06. The van der Waals surface area contributed by atoms with Gasteiger partial charge in [0.15, 0.2) is 17.2 Å². The molecule has 0 aliphatic heterocycles. The maximum absolute atomic E-state index is 6.23. The topological polar surface area (TPSA) is 69.6 Å². The van der Waals surface area contributed by atoms with Gasteiger partial charge in [-0.25, -0.2) is 9.97 Å². The molecule has 0 saturated carbocycles. The van der Waals surface area contributed by atoms with E-state index in [1.54, 1.807) is 0 Å². The van der Waals surface area contributed by atoms with Crippen molar-refractivity contribution in [1.82, 2.24) is 24.5 Å². The van der Waals surface area contributed by atoms with Crippen molar-refractivity contribution in [2.24, 2.45) is 0 Å². The first-order chi connectivity index (χ1) is 28.7. The molecular weight excluding hydrogens is 711 g/mol. The van der Waals surface area contributed by atoms with Gasteiger partial charge < -0.3 is 4.42 Å². The van der Waals surface area contributed by atoms with Gasteiger partial charge in [0.05, 0.1) is 11.0 Å². The van der Waals surface area contributed by atoms with Gasteiger partial charge in [0.2, 0.25) is 11.8 Å². The first kappa shape index (κ1) is 33.4. The van der Waals surface area contributed by atoms with E-state index in [2.05, 4.69) is 126 Å². The Hall–Kier alpha value is -7.96. The lowest BCUT2D eigenvalue weighted by molar-refractivity contribution is 0.620. The predicted molar refractivity (Wildman–Crippen MR) is 234 cm³/mol. The van der Waals surface area contributed by atoms with Crippen LogP contribution in [0.25, 0.3) is 106 Å². The van der Waals surface area contributed by atoms with Gasteiger partial charge in [0.1, 0.15) is 5.52 Å². The monoisotopic (exact) mass is 743 g/mol. The molecule has 3 heterocycles. The summed E-state index contributed by atoms with van der Waals surface area (Å²) >= 11 is 0. The molecule has 0 spiro atoms. The van der Waals surface area contributed by atoms with Crippen molar-refractivity contribution in [3.05, 3.63) is 200 Å². The van der Waals surface area contributed by atoms with Crippen molar-refractivity contribution < 1.29 is 4.42 Å². The number of benzene rings is 8. The number of rotatable bonds is 7. The molecule has 58 heavy (non-hydrogen) atoms. The van der Waals surface area contributed by atoms with Gasteiger partial charge >= 0.3 is 0 Å². The highest BCUT2D eigenvalue weighted by Crippen LogP contribution is 2.37. The van der Waals surface area contributed by atoms with Crippen molar-refractivity contribution in [1.29, 1.82) is 0 Å². The second-order valence-electron chi connectivity index (χ2n) is 14.3. The summed E-state index contributed by atoms with van der Waals surface area (Å²) in [5.74, 6) is 2.30. The molecular formula is C52H33N5O. The number of aromatic nitrogens is 5. The summed E-state index contributed by atoms with van der Waals surface area (Å²) in [6.07, 6.45) is 0. The number of nitrogens with zero attached hydrogens (tertiary/aromatic N) is 5. The van der Waals surface area contributed by atoms with Crippen LogP contribution in [-0.4, -0.2) is 24.5 Å². The van der Waals surface area contributed by atoms with Crippen molar-refractivity contribution >= 4 is 32.9 Å². The minimum absolute atomic E-state index is 0.547. The van der Waals surface area contributed by atoms with Crippen LogP contribution >= 0.6 is 0 Å². The quantitative estimate of drug-likeness (QED) is 0.163. The molecule has 3 aromatic heterocycles. The second-order valence-corrected chi connectivity index (χ2v) is 14.3. The van der Waals surface area contributed by atoms with Crippen molar-refractivity contribution in [3.63, 3.8) is 0 Å². The highest BCUT2D eigenvalue weighted by molar-refractivity contribution is 6.10. The fourth-order valence-corrected chi connectivity index (χ4v) is 7.90. The van der Waals surface area contributed by atoms with E-state index in [0.717, 1.165) is 71.8 Å². The number of oxazole rings is 1. The second kappa shape index (κ2) is 14.0. The summed E-state index contributed by atoms with van der Waals surface area (Å²) in [6.45, 7) is 0. The lowest BCUT2D eigenvalue weighted by Gasteiger charge is -2.12. The van der Waals surface area contributed by atoms with Crippen LogP contribution in [0.5, 0.6) is 0 Å². The van der Waals surface area contributed by atoms with Crippen molar-refractivity contribution in [2.75, 3.05) is 0 Å². The Morgan fingerprint density at radius 2 is 0.897 bits per heavy atom. The van der Waals surface area contributed by atoms with Crippen LogP contribution in [0, 0.1) is 0 Å². The third kappa shape index (κ3) is 5.92. The Labute approximate surface area is 334 Å². The molecule has 0 saturated heterocycles. The summed E-state index contributed by atoms with van der Waals surface area (Å²) in [5, 5.41) is 2.25. The van der Waals surface area contributed by atoms with Crippen LogP contribution < -0.4 is 0 Å². The minimum Gasteiger partial charge on any atom is -0.436 e. The molecule has 0 fully saturated rings. The first-order valence-corrected chi connectivity index (χ1v) is 19.3. The van der Waals surface area contributed by atoms with Crippen LogP contribution in [0.1, 0.15) is 0 Å². The zero-order valence-corrected chi connectivity index (χ0v) is 31.2.